The number of aryl methyl sites for hydroxylation is 1. The quantitative estimate of drug-likeness (QED) is 0.784. The van der Waals surface area contributed by atoms with E-state index in [9.17, 15) is 0 Å². The minimum Gasteiger partial charge on any atom is -0.319 e. The molecule has 1 aromatic carbocycles. The molecule has 1 aliphatic rings. The minimum absolute atomic E-state index is 0.173. The Bertz CT molecular complexity index is 551. The highest BCUT2D eigenvalue weighted by molar-refractivity contribution is 7.18. The fourth-order valence-electron chi connectivity index (χ4n) is 2.82. The van der Waals surface area contributed by atoms with Gasteiger partial charge < -0.3 is 5.73 Å². The molecule has 0 amide bonds. The van der Waals surface area contributed by atoms with E-state index in [2.05, 4.69) is 25.1 Å². The lowest BCUT2D eigenvalue weighted by molar-refractivity contribution is 0.384. The van der Waals surface area contributed by atoms with Gasteiger partial charge in [-0.25, -0.2) is 4.98 Å². The van der Waals surface area contributed by atoms with Gasteiger partial charge in [-0.3, -0.25) is 0 Å². The molecule has 3 heteroatoms. The summed E-state index contributed by atoms with van der Waals surface area (Å²) in [7, 11) is 0. The van der Waals surface area contributed by atoms with Gasteiger partial charge >= 0.3 is 0 Å². The van der Waals surface area contributed by atoms with E-state index in [1.165, 1.54) is 35.9 Å². The highest BCUT2D eigenvalue weighted by Crippen LogP contribution is 2.37. The van der Waals surface area contributed by atoms with Crippen LogP contribution in [0.1, 0.15) is 49.1 Å². The summed E-state index contributed by atoms with van der Waals surface area (Å²) >= 11 is 1.78. The fraction of sp³-hybridized carbons (Fsp3) is 0.533. The van der Waals surface area contributed by atoms with Crippen LogP contribution in [-0.4, -0.2) is 4.98 Å². The van der Waals surface area contributed by atoms with Gasteiger partial charge in [0.2, 0.25) is 0 Å². The van der Waals surface area contributed by atoms with E-state index >= 15 is 0 Å². The molecule has 18 heavy (non-hydrogen) atoms. The third-order valence-electron chi connectivity index (χ3n) is 3.96. The van der Waals surface area contributed by atoms with Crippen molar-refractivity contribution in [1.82, 2.24) is 4.98 Å². The number of benzene rings is 1. The first-order valence-electron chi connectivity index (χ1n) is 6.84. The van der Waals surface area contributed by atoms with Crippen LogP contribution in [0.5, 0.6) is 0 Å². The van der Waals surface area contributed by atoms with E-state index in [-0.39, 0.29) is 5.54 Å². The van der Waals surface area contributed by atoms with Gasteiger partial charge in [-0.2, -0.15) is 0 Å². The Hall–Kier alpha value is -0.930. The molecule has 0 unspecified atom stereocenters. The summed E-state index contributed by atoms with van der Waals surface area (Å²) in [5.41, 5.74) is 8.84. The normalized spacial score (nSPS) is 19.9. The average molecular weight is 260 g/mol. The molecule has 1 heterocycles. The Balaban J connectivity index is 2.02. The second-order valence-corrected chi connectivity index (χ2v) is 6.59. The first kappa shape index (κ1) is 12.1. The van der Waals surface area contributed by atoms with E-state index in [1.807, 2.05) is 0 Å². The molecule has 3 rings (SSSR count). The zero-order valence-electron chi connectivity index (χ0n) is 10.9. The molecule has 96 valence electrons. The first-order valence-corrected chi connectivity index (χ1v) is 7.66. The van der Waals surface area contributed by atoms with Crippen LogP contribution in [0.15, 0.2) is 18.2 Å². The van der Waals surface area contributed by atoms with Crippen LogP contribution < -0.4 is 5.73 Å². The molecule has 0 saturated heterocycles. The zero-order chi connectivity index (χ0) is 12.6. The van der Waals surface area contributed by atoms with Crippen LogP contribution in [-0.2, 0) is 5.54 Å². The molecule has 0 bridgehead atoms. The number of rotatable bonds is 1. The molecule has 1 aliphatic carbocycles. The molecular formula is C15H20N2S. The van der Waals surface area contributed by atoms with Gasteiger partial charge in [-0.15, -0.1) is 11.3 Å². The Labute approximate surface area is 112 Å². The zero-order valence-corrected chi connectivity index (χ0v) is 11.7. The van der Waals surface area contributed by atoms with Gasteiger partial charge in [0.15, 0.2) is 0 Å². The van der Waals surface area contributed by atoms with Crippen LogP contribution in [0.3, 0.4) is 0 Å². The van der Waals surface area contributed by atoms with Crippen molar-refractivity contribution in [2.45, 2.75) is 51.0 Å². The standard InChI is InChI=1S/C15H20N2S/c1-11-6-7-13-12(10-11)17-14(18-13)15(16)8-4-2-3-5-9-15/h6-7,10H,2-5,8-9,16H2,1H3. The van der Waals surface area contributed by atoms with Crippen molar-refractivity contribution >= 4 is 21.6 Å². The van der Waals surface area contributed by atoms with E-state index in [1.54, 1.807) is 11.3 Å². The maximum atomic E-state index is 6.63. The predicted molar refractivity (Wildman–Crippen MR) is 77.9 cm³/mol. The van der Waals surface area contributed by atoms with Gasteiger partial charge in [0.05, 0.1) is 15.8 Å². The number of thiazole rings is 1. The Morgan fingerprint density at radius 1 is 1.17 bits per heavy atom. The van der Waals surface area contributed by atoms with Crippen LogP contribution in [0.4, 0.5) is 0 Å². The molecule has 2 N–H and O–H groups in total. The lowest BCUT2D eigenvalue weighted by Gasteiger charge is -2.25. The second-order valence-electron chi connectivity index (χ2n) is 5.56. The minimum atomic E-state index is -0.173. The maximum absolute atomic E-state index is 6.63. The van der Waals surface area contributed by atoms with Crippen molar-refractivity contribution in [3.05, 3.63) is 28.8 Å². The van der Waals surface area contributed by atoms with Gasteiger partial charge in [0.1, 0.15) is 5.01 Å². The third kappa shape index (κ3) is 2.17. The van der Waals surface area contributed by atoms with E-state index in [0.717, 1.165) is 23.4 Å². The highest BCUT2D eigenvalue weighted by Gasteiger charge is 2.31. The number of aromatic nitrogens is 1. The lowest BCUT2D eigenvalue weighted by atomic mass is 9.92. The van der Waals surface area contributed by atoms with Crippen molar-refractivity contribution in [3.8, 4) is 0 Å². The van der Waals surface area contributed by atoms with Crippen molar-refractivity contribution in [2.75, 3.05) is 0 Å². The maximum Gasteiger partial charge on any atom is 0.114 e. The van der Waals surface area contributed by atoms with Crippen molar-refractivity contribution in [2.24, 2.45) is 5.73 Å². The number of nitrogens with zero attached hydrogens (tertiary/aromatic N) is 1. The van der Waals surface area contributed by atoms with E-state index in [0.29, 0.717) is 0 Å². The molecule has 0 atom stereocenters. The summed E-state index contributed by atoms with van der Waals surface area (Å²) < 4.78 is 1.27. The molecule has 0 spiro atoms. The second kappa shape index (κ2) is 4.63. The number of fused-ring (bicyclic) bond motifs is 1. The summed E-state index contributed by atoms with van der Waals surface area (Å²) in [5.74, 6) is 0. The molecule has 1 fully saturated rings. The Morgan fingerprint density at radius 2 is 1.89 bits per heavy atom. The topological polar surface area (TPSA) is 38.9 Å². The largest absolute Gasteiger partial charge is 0.319 e. The van der Waals surface area contributed by atoms with Crippen LogP contribution in [0.25, 0.3) is 10.2 Å². The Kier molecular flexibility index (Phi) is 3.12. The summed E-state index contributed by atoms with van der Waals surface area (Å²) in [5, 5.41) is 1.14. The van der Waals surface area contributed by atoms with Crippen LogP contribution in [0, 0.1) is 6.92 Å². The molecule has 0 radical (unpaired) electrons. The first-order chi connectivity index (χ1) is 8.67. The number of hydrogen-bond acceptors (Lipinski definition) is 3. The molecular weight excluding hydrogens is 240 g/mol. The average Bonchev–Trinajstić information content (AvgIpc) is 2.65. The SMILES string of the molecule is Cc1ccc2sc(C3(N)CCCCCC3)nc2c1. The molecule has 2 aromatic rings. The third-order valence-corrected chi connectivity index (χ3v) is 5.22. The van der Waals surface area contributed by atoms with Crippen LogP contribution in [0.2, 0.25) is 0 Å². The predicted octanol–water partition coefficient (Wildman–Crippen LogP) is 4.11. The molecule has 2 nitrogen and oxygen atoms in total. The molecule has 1 aromatic heterocycles. The van der Waals surface area contributed by atoms with Gasteiger partial charge in [-0.05, 0) is 37.5 Å². The summed E-state index contributed by atoms with van der Waals surface area (Å²) in [6, 6.07) is 6.49. The van der Waals surface area contributed by atoms with E-state index < -0.39 is 0 Å². The molecule has 1 saturated carbocycles. The Morgan fingerprint density at radius 3 is 2.61 bits per heavy atom. The lowest BCUT2D eigenvalue weighted by Crippen LogP contribution is -2.35. The summed E-state index contributed by atoms with van der Waals surface area (Å²) in [6.07, 6.45) is 7.31. The van der Waals surface area contributed by atoms with Crippen molar-refractivity contribution in [1.29, 1.82) is 0 Å². The van der Waals surface area contributed by atoms with Crippen LogP contribution >= 0.6 is 11.3 Å². The number of nitrogens with two attached hydrogens (primary N) is 1. The number of hydrogen-bond donors (Lipinski definition) is 1. The summed E-state index contributed by atoms with van der Waals surface area (Å²) in [6.45, 7) is 2.11. The smallest absolute Gasteiger partial charge is 0.114 e. The van der Waals surface area contributed by atoms with Crippen molar-refractivity contribution in [3.63, 3.8) is 0 Å². The monoisotopic (exact) mass is 260 g/mol. The summed E-state index contributed by atoms with van der Waals surface area (Å²) in [4.78, 5) is 4.80. The molecule has 0 aliphatic heterocycles. The van der Waals surface area contributed by atoms with Gasteiger partial charge in [0, 0.05) is 0 Å². The van der Waals surface area contributed by atoms with Gasteiger partial charge in [0.25, 0.3) is 0 Å². The van der Waals surface area contributed by atoms with Crippen molar-refractivity contribution < 1.29 is 0 Å². The fourth-order valence-corrected chi connectivity index (χ4v) is 3.93. The highest BCUT2D eigenvalue weighted by atomic mass is 32.1. The van der Waals surface area contributed by atoms with E-state index in [4.69, 9.17) is 10.7 Å². The van der Waals surface area contributed by atoms with Gasteiger partial charge in [-0.1, -0.05) is 31.7 Å².